The van der Waals surface area contributed by atoms with E-state index < -0.39 is 0 Å². The van der Waals surface area contributed by atoms with E-state index in [1.165, 1.54) is 65.6 Å². The lowest BCUT2D eigenvalue weighted by molar-refractivity contribution is 0.670. The summed E-state index contributed by atoms with van der Waals surface area (Å²) in [5, 5.41) is 9.49. The molecule has 2 heterocycles. The smallest absolute Gasteiger partial charge is 0.145 e. The second-order valence-electron chi connectivity index (χ2n) is 18.4. The van der Waals surface area contributed by atoms with Crippen LogP contribution in [0.15, 0.2) is 271 Å². The molecule has 14 rings (SSSR count). The van der Waals surface area contributed by atoms with Crippen molar-refractivity contribution in [1.29, 1.82) is 0 Å². The molecule has 0 spiro atoms. The SMILES string of the molecule is c1ccc(-n2c3ccccc3c3c(-c4cccc(N(c5ccc(-c6ccc(-c7cccc8ccccc78)cc6)cc5)c5ccc(-c6cccc7ccccc67)c6oc7ccccc7c56)c4)cccc32)cc1. The second kappa shape index (κ2) is 16.7. The molecular weight excluding hydrogens is 861 g/mol. The highest BCUT2D eigenvalue weighted by Gasteiger charge is 2.24. The van der Waals surface area contributed by atoms with Crippen molar-refractivity contribution in [3.63, 3.8) is 0 Å². The van der Waals surface area contributed by atoms with Gasteiger partial charge in [-0.1, -0.05) is 200 Å². The minimum Gasteiger partial charge on any atom is -0.455 e. The molecule has 3 heteroatoms. The summed E-state index contributed by atoms with van der Waals surface area (Å²) in [5.41, 5.74) is 17.6. The number of hydrogen-bond acceptors (Lipinski definition) is 2. The number of para-hydroxylation sites is 3. The number of hydrogen-bond donors (Lipinski definition) is 0. The third-order valence-electron chi connectivity index (χ3n) is 14.4. The summed E-state index contributed by atoms with van der Waals surface area (Å²) in [6, 6.07) is 96.6. The Hall–Kier alpha value is -9.44. The number of fused-ring (bicyclic) bond motifs is 8. The molecule has 14 aromatic rings. The zero-order valence-corrected chi connectivity index (χ0v) is 38.7. The lowest BCUT2D eigenvalue weighted by atomic mass is 9.95. The van der Waals surface area contributed by atoms with E-state index in [2.05, 4.69) is 276 Å². The van der Waals surface area contributed by atoms with Crippen LogP contribution in [-0.4, -0.2) is 4.57 Å². The van der Waals surface area contributed by atoms with E-state index in [0.717, 1.165) is 66.9 Å². The van der Waals surface area contributed by atoms with E-state index in [0.29, 0.717) is 0 Å². The van der Waals surface area contributed by atoms with Gasteiger partial charge in [-0.3, -0.25) is 0 Å². The van der Waals surface area contributed by atoms with Gasteiger partial charge in [0, 0.05) is 38.8 Å². The average molecular weight is 905 g/mol. The first-order chi connectivity index (χ1) is 35.2. The number of benzene rings is 12. The molecule has 0 bridgehead atoms. The summed E-state index contributed by atoms with van der Waals surface area (Å²) in [6.07, 6.45) is 0. The Kier molecular flexibility index (Phi) is 9.53. The Bertz CT molecular complexity index is 4320. The van der Waals surface area contributed by atoms with Crippen molar-refractivity contribution in [2.45, 2.75) is 0 Å². The molecule has 2 aromatic heterocycles. The molecule has 0 amide bonds. The van der Waals surface area contributed by atoms with Gasteiger partial charge >= 0.3 is 0 Å². The Morgan fingerprint density at radius 2 is 0.873 bits per heavy atom. The first-order valence-electron chi connectivity index (χ1n) is 24.3. The zero-order valence-electron chi connectivity index (χ0n) is 38.7. The van der Waals surface area contributed by atoms with E-state index in [4.69, 9.17) is 4.42 Å². The lowest BCUT2D eigenvalue weighted by Crippen LogP contribution is -2.10. The predicted molar refractivity (Wildman–Crippen MR) is 299 cm³/mol. The Balaban J connectivity index is 0.952. The molecule has 0 saturated carbocycles. The maximum Gasteiger partial charge on any atom is 0.145 e. The Morgan fingerprint density at radius 1 is 0.310 bits per heavy atom. The maximum atomic E-state index is 6.98. The molecule has 0 aliphatic heterocycles. The van der Waals surface area contributed by atoms with Crippen LogP contribution in [0.2, 0.25) is 0 Å². The van der Waals surface area contributed by atoms with Gasteiger partial charge in [0.05, 0.1) is 22.1 Å². The summed E-state index contributed by atoms with van der Waals surface area (Å²) < 4.78 is 9.37. The van der Waals surface area contributed by atoms with Gasteiger partial charge in [-0.2, -0.15) is 0 Å². The van der Waals surface area contributed by atoms with Gasteiger partial charge in [-0.25, -0.2) is 0 Å². The quantitative estimate of drug-likeness (QED) is 0.151. The number of furan rings is 1. The van der Waals surface area contributed by atoms with E-state index in [9.17, 15) is 0 Å². The molecule has 0 radical (unpaired) electrons. The average Bonchev–Trinajstić information content (AvgIpc) is 4.01. The monoisotopic (exact) mass is 904 g/mol. The van der Waals surface area contributed by atoms with Crippen molar-refractivity contribution in [2.75, 3.05) is 4.90 Å². The van der Waals surface area contributed by atoms with Gasteiger partial charge < -0.3 is 13.9 Å². The number of aromatic nitrogens is 1. The topological polar surface area (TPSA) is 21.3 Å². The molecule has 0 aliphatic carbocycles. The van der Waals surface area contributed by atoms with Gasteiger partial charge in [0.1, 0.15) is 11.2 Å². The normalized spacial score (nSPS) is 11.7. The van der Waals surface area contributed by atoms with Crippen LogP contribution >= 0.6 is 0 Å². The highest BCUT2D eigenvalue weighted by molar-refractivity contribution is 6.19. The van der Waals surface area contributed by atoms with Gasteiger partial charge in [-0.15, -0.1) is 0 Å². The molecule has 332 valence electrons. The molecule has 71 heavy (non-hydrogen) atoms. The Morgan fingerprint density at radius 3 is 1.65 bits per heavy atom. The van der Waals surface area contributed by atoms with Gasteiger partial charge in [0.2, 0.25) is 0 Å². The lowest BCUT2D eigenvalue weighted by Gasteiger charge is -2.27. The molecule has 12 aromatic carbocycles. The van der Waals surface area contributed by atoms with Crippen LogP contribution in [0, 0.1) is 0 Å². The van der Waals surface area contributed by atoms with Crippen LogP contribution in [0.25, 0.3) is 115 Å². The summed E-state index contributed by atoms with van der Waals surface area (Å²) in [5.74, 6) is 0. The van der Waals surface area contributed by atoms with Crippen molar-refractivity contribution in [3.8, 4) is 50.2 Å². The fourth-order valence-corrected chi connectivity index (χ4v) is 11.1. The van der Waals surface area contributed by atoms with Crippen molar-refractivity contribution in [3.05, 3.63) is 267 Å². The molecule has 0 aliphatic rings. The van der Waals surface area contributed by atoms with Crippen molar-refractivity contribution >= 4 is 82.4 Å². The molecule has 0 saturated heterocycles. The van der Waals surface area contributed by atoms with E-state index >= 15 is 0 Å². The molecule has 0 fully saturated rings. The van der Waals surface area contributed by atoms with Gasteiger partial charge in [0.15, 0.2) is 0 Å². The van der Waals surface area contributed by atoms with Crippen LogP contribution in [0.4, 0.5) is 17.1 Å². The fraction of sp³-hybridized carbons (Fsp3) is 0. The van der Waals surface area contributed by atoms with Crippen LogP contribution in [0.5, 0.6) is 0 Å². The standard InChI is InChI=1S/C68H44N2O/c1-2-21-51(22-3-1)70-62-31-10-8-26-60(62)66-57(29-15-32-63(66)70)50-20-12-23-53(44-50)69(52-40-38-46(39-41-52)45-34-36-49(37-35-45)55-28-13-18-47-16-4-6-24-54(47)55)64-43-42-59(58-30-14-19-48-17-5-7-25-56(48)58)68-67(64)61-27-9-11-33-65(61)71-68/h1-44H. The van der Waals surface area contributed by atoms with E-state index in [-0.39, 0.29) is 0 Å². The zero-order chi connectivity index (χ0) is 46.8. The first kappa shape index (κ1) is 40.6. The van der Waals surface area contributed by atoms with Crippen LogP contribution in [0.1, 0.15) is 0 Å². The highest BCUT2D eigenvalue weighted by Crippen LogP contribution is 2.48. The summed E-state index contributed by atoms with van der Waals surface area (Å²) in [7, 11) is 0. The van der Waals surface area contributed by atoms with Crippen molar-refractivity contribution < 1.29 is 4.42 Å². The third kappa shape index (κ3) is 6.74. The first-order valence-corrected chi connectivity index (χ1v) is 24.3. The largest absolute Gasteiger partial charge is 0.455 e. The Labute approximate surface area is 411 Å². The summed E-state index contributed by atoms with van der Waals surface area (Å²) in [4.78, 5) is 2.42. The van der Waals surface area contributed by atoms with Crippen molar-refractivity contribution in [2.24, 2.45) is 0 Å². The number of nitrogens with zero attached hydrogens (tertiary/aromatic N) is 2. The summed E-state index contributed by atoms with van der Waals surface area (Å²) in [6.45, 7) is 0. The third-order valence-corrected chi connectivity index (χ3v) is 14.4. The fourth-order valence-electron chi connectivity index (χ4n) is 11.1. The highest BCUT2D eigenvalue weighted by atomic mass is 16.3. The van der Waals surface area contributed by atoms with Gasteiger partial charge in [-0.05, 0) is 127 Å². The molecule has 0 unspecified atom stereocenters. The number of rotatable bonds is 8. The second-order valence-corrected chi connectivity index (χ2v) is 18.4. The minimum absolute atomic E-state index is 0.855. The van der Waals surface area contributed by atoms with Crippen LogP contribution < -0.4 is 4.90 Å². The van der Waals surface area contributed by atoms with E-state index in [1.807, 2.05) is 0 Å². The van der Waals surface area contributed by atoms with Crippen molar-refractivity contribution in [1.82, 2.24) is 4.57 Å². The predicted octanol–water partition coefficient (Wildman–Crippen LogP) is 19.1. The van der Waals surface area contributed by atoms with E-state index in [1.54, 1.807) is 0 Å². The molecule has 0 N–H and O–H groups in total. The number of anilines is 3. The maximum absolute atomic E-state index is 6.98. The molecular formula is C68H44N2O. The molecule has 3 nitrogen and oxygen atoms in total. The van der Waals surface area contributed by atoms with Gasteiger partial charge in [0.25, 0.3) is 0 Å². The van der Waals surface area contributed by atoms with Crippen LogP contribution in [-0.2, 0) is 0 Å². The summed E-state index contributed by atoms with van der Waals surface area (Å²) >= 11 is 0. The minimum atomic E-state index is 0.855. The van der Waals surface area contributed by atoms with Crippen LogP contribution in [0.3, 0.4) is 0 Å². The molecule has 0 atom stereocenters.